The number of allylic oxidation sites excluding steroid dienone is 1. The number of thiazole rings is 1. The van der Waals surface area contributed by atoms with Gasteiger partial charge in [-0.25, -0.2) is 31.7 Å². The summed E-state index contributed by atoms with van der Waals surface area (Å²) in [5.74, 6) is -2.95. The van der Waals surface area contributed by atoms with E-state index in [0.717, 1.165) is 6.07 Å². The first-order valence-electron chi connectivity index (χ1n) is 11.7. The van der Waals surface area contributed by atoms with Crippen molar-refractivity contribution in [3.63, 3.8) is 0 Å². The van der Waals surface area contributed by atoms with Crippen LogP contribution >= 0.6 is 22.9 Å². The number of nitrogens with zero attached hydrogens (tertiary/aromatic N) is 2. The fourth-order valence-electron chi connectivity index (χ4n) is 4.73. The molecule has 13 heteroatoms. The molecule has 0 amide bonds. The number of aliphatic imine (C=N–C) groups is 1. The zero-order valence-electron chi connectivity index (χ0n) is 20.4. The Labute approximate surface area is 223 Å². The molecule has 2 aliphatic rings. The SMILES string of the molecule is COC(=O)C1=C([C@H]2CC[C@@H](S(=O)(=O)NC(C)C)CC2)NC(c2nccs2)=NC1c1ccc(F)c(F)c1Cl. The lowest BCUT2D eigenvalue weighted by Gasteiger charge is -2.35. The Morgan fingerprint density at radius 1 is 1.24 bits per heavy atom. The molecular weight excluding hydrogens is 546 g/mol. The highest BCUT2D eigenvalue weighted by molar-refractivity contribution is 7.90. The molecule has 37 heavy (non-hydrogen) atoms. The van der Waals surface area contributed by atoms with Crippen molar-refractivity contribution in [3.05, 3.63) is 62.2 Å². The van der Waals surface area contributed by atoms with Gasteiger partial charge in [0.15, 0.2) is 22.5 Å². The molecule has 2 N–H and O–H groups in total. The Balaban J connectivity index is 1.77. The average molecular weight is 573 g/mol. The predicted octanol–water partition coefficient (Wildman–Crippen LogP) is 4.48. The molecule has 1 unspecified atom stereocenters. The highest BCUT2D eigenvalue weighted by atomic mass is 35.5. The lowest BCUT2D eigenvalue weighted by Crippen LogP contribution is -2.42. The topological polar surface area (TPSA) is 110 Å². The maximum absolute atomic E-state index is 14.4. The van der Waals surface area contributed by atoms with Crippen molar-refractivity contribution in [1.29, 1.82) is 0 Å². The van der Waals surface area contributed by atoms with Crippen LogP contribution in [0.1, 0.15) is 56.1 Å². The number of ether oxygens (including phenoxy) is 1. The molecule has 2 aromatic rings. The number of carbonyl (C=O) groups is 1. The summed E-state index contributed by atoms with van der Waals surface area (Å²) in [6.45, 7) is 3.54. The third-order valence-electron chi connectivity index (χ3n) is 6.40. The first-order chi connectivity index (χ1) is 17.5. The minimum Gasteiger partial charge on any atom is -0.466 e. The van der Waals surface area contributed by atoms with Gasteiger partial charge in [-0.1, -0.05) is 17.7 Å². The summed E-state index contributed by atoms with van der Waals surface area (Å²) in [4.78, 5) is 22.0. The predicted molar refractivity (Wildman–Crippen MR) is 138 cm³/mol. The summed E-state index contributed by atoms with van der Waals surface area (Å²) < 4.78 is 61.5. The number of benzene rings is 1. The molecule has 0 radical (unpaired) electrons. The van der Waals surface area contributed by atoms with E-state index < -0.39 is 43.9 Å². The molecule has 8 nitrogen and oxygen atoms in total. The van der Waals surface area contributed by atoms with Crippen LogP contribution in [-0.4, -0.2) is 43.6 Å². The highest BCUT2D eigenvalue weighted by Crippen LogP contribution is 2.42. The van der Waals surface area contributed by atoms with E-state index in [9.17, 15) is 22.0 Å². The van der Waals surface area contributed by atoms with E-state index in [2.05, 4.69) is 20.0 Å². The van der Waals surface area contributed by atoms with Crippen LogP contribution in [0.15, 0.2) is 40.0 Å². The van der Waals surface area contributed by atoms with E-state index in [1.54, 1.807) is 25.4 Å². The second-order valence-corrected chi connectivity index (χ2v) is 12.5. The maximum Gasteiger partial charge on any atom is 0.338 e. The smallest absolute Gasteiger partial charge is 0.338 e. The largest absolute Gasteiger partial charge is 0.466 e. The van der Waals surface area contributed by atoms with Crippen LogP contribution < -0.4 is 10.0 Å². The molecule has 1 aromatic heterocycles. The van der Waals surface area contributed by atoms with Crippen LogP contribution in [0.25, 0.3) is 0 Å². The van der Waals surface area contributed by atoms with Gasteiger partial charge >= 0.3 is 5.97 Å². The molecule has 0 bridgehead atoms. The second-order valence-electron chi connectivity index (χ2n) is 9.22. The number of esters is 1. The van der Waals surface area contributed by atoms with Gasteiger partial charge in [-0.3, -0.25) is 4.99 Å². The molecule has 1 fully saturated rings. The standard InChI is InChI=1S/C24H27ClF2N4O4S2/c1-12(2)31-37(33,34)14-6-4-13(5-7-14)20-17(24(32)35-3)21(15-8-9-16(26)19(27)18(15)25)30-22(29-20)23-28-10-11-36-23/h8-14,21,31H,4-7H2,1-3H3,(H,29,30)/t13-,14+,21?. The van der Waals surface area contributed by atoms with Crippen LogP contribution in [-0.2, 0) is 19.6 Å². The van der Waals surface area contributed by atoms with Gasteiger partial charge in [-0.2, -0.15) is 0 Å². The minimum atomic E-state index is -3.49. The molecule has 0 spiro atoms. The zero-order chi connectivity index (χ0) is 26.9. The zero-order valence-corrected chi connectivity index (χ0v) is 22.8. The van der Waals surface area contributed by atoms with Crippen LogP contribution in [0.5, 0.6) is 0 Å². The van der Waals surface area contributed by atoms with Crippen molar-refractivity contribution in [1.82, 2.24) is 15.0 Å². The summed E-state index contributed by atoms with van der Waals surface area (Å²) in [5.41, 5.74) is 0.708. The van der Waals surface area contributed by atoms with Crippen LogP contribution in [0.2, 0.25) is 5.02 Å². The van der Waals surface area contributed by atoms with Crippen molar-refractivity contribution in [2.45, 2.75) is 56.9 Å². The van der Waals surface area contributed by atoms with Gasteiger partial charge in [0.05, 0.1) is 23.0 Å². The van der Waals surface area contributed by atoms with Crippen LogP contribution in [0.3, 0.4) is 0 Å². The van der Waals surface area contributed by atoms with Gasteiger partial charge in [-0.05, 0) is 51.5 Å². The monoisotopic (exact) mass is 572 g/mol. The molecule has 1 aliphatic carbocycles. The van der Waals surface area contributed by atoms with Crippen molar-refractivity contribution < 1.29 is 26.7 Å². The van der Waals surface area contributed by atoms with E-state index in [1.807, 2.05) is 0 Å². The Morgan fingerprint density at radius 2 is 1.95 bits per heavy atom. The first-order valence-corrected chi connectivity index (χ1v) is 14.6. The number of hydrogen-bond acceptors (Lipinski definition) is 8. The molecule has 200 valence electrons. The van der Waals surface area contributed by atoms with E-state index in [0.29, 0.717) is 42.2 Å². The number of amidine groups is 1. The fourth-order valence-corrected chi connectivity index (χ4v) is 7.32. The Morgan fingerprint density at radius 3 is 2.54 bits per heavy atom. The molecule has 1 atom stereocenters. The Bertz CT molecular complexity index is 1340. The van der Waals surface area contributed by atoms with Gasteiger partial charge in [0.25, 0.3) is 0 Å². The van der Waals surface area contributed by atoms with Crippen LogP contribution in [0, 0.1) is 17.6 Å². The van der Waals surface area contributed by atoms with Gasteiger partial charge in [0.2, 0.25) is 10.0 Å². The van der Waals surface area contributed by atoms with E-state index in [4.69, 9.17) is 16.3 Å². The molecule has 4 rings (SSSR count). The number of halogens is 3. The lowest BCUT2D eigenvalue weighted by atomic mass is 9.82. The van der Waals surface area contributed by atoms with Crippen LogP contribution in [0.4, 0.5) is 8.78 Å². The number of carbonyl (C=O) groups excluding carboxylic acids is 1. The maximum atomic E-state index is 14.4. The number of aromatic nitrogens is 1. The van der Waals surface area contributed by atoms with Gasteiger partial charge in [-0.15, -0.1) is 11.3 Å². The number of methoxy groups -OCH3 is 1. The lowest BCUT2D eigenvalue weighted by molar-refractivity contribution is -0.136. The summed E-state index contributed by atoms with van der Waals surface area (Å²) in [7, 11) is -2.27. The summed E-state index contributed by atoms with van der Waals surface area (Å²) in [5, 5.41) is 4.48. The Kier molecular flexibility index (Phi) is 8.32. The van der Waals surface area contributed by atoms with Crippen molar-refractivity contribution in [2.75, 3.05) is 7.11 Å². The summed E-state index contributed by atoms with van der Waals surface area (Å²) >= 11 is 7.51. The van der Waals surface area contributed by atoms with Crippen molar-refractivity contribution >= 4 is 44.8 Å². The molecule has 1 saturated carbocycles. The van der Waals surface area contributed by atoms with Gasteiger partial charge < -0.3 is 10.1 Å². The summed E-state index contributed by atoms with van der Waals surface area (Å²) in [6, 6.07) is 0.925. The molecule has 1 aliphatic heterocycles. The van der Waals surface area contributed by atoms with Gasteiger partial charge in [0.1, 0.15) is 6.04 Å². The average Bonchev–Trinajstić information content (AvgIpc) is 3.41. The minimum absolute atomic E-state index is 0.103. The molecular formula is C24H27ClF2N4O4S2. The normalized spacial score (nSPS) is 22.6. The third kappa shape index (κ3) is 5.71. The van der Waals surface area contributed by atoms with E-state index >= 15 is 0 Å². The van der Waals surface area contributed by atoms with E-state index in [1.165, 1.54) is 24.5 Å². The number of sulfonamides is 1. The number of rotatable bonds is 7. The first kappa shape index (κ1) is 27.6. The highest BCUT2D eigenvalue weighted by Gasteiger charge is 2.40. The Hall–Kier alpha value is -2.41. The number of nitrogens with one attached hydrogen (secondary N) is 2. The van der Waals surface area contributed by atoms with Crippen molar-refractivity contribution in [3.8, 4) is 0 Å². The second kappa shape index (κ2) is 11.1. The van der Waals surface area contributed by atoms with Crippen molar-refractivity contribution in [2.24, 2.45) is 10.9 Å². The third-order valence-corrected chi connectivity index (χ3v) is 9.71. The number of hydrogen-bond donors (Lipinski definition) is 2. The molecule has 1 aromatic carbocycles. The van der Waals surface area contributed by atoms with E-state index in [-0.39, 0.29) is 23.1 Å². The molecule has 0 saturated heterocycles. The fraction of sp³-hybridized carbons (Fsp3) is 0.458. The summed E-state index contributed by atoms with van der Waals surface area (Å²) in [6.07, 6.45) is 3.30. The quantitative estimate of drug-likeness (QED) is 0.374. The molecule has 2 heterocycles. The van der Waals surface area contributed by atoms with Gasteiger partial charge in [0, 0.05) is 28.9 Å².